The summed E-state index contributed by atoms with van der Waals surface area (Å²) in [6.45, 7) is 2.22. The van der Waals surface area contributed by atoms with Gasteiger partial charge in [0.2, 0.25) is 0 Å². The van der Waals surface area contributed by atoms with Gasteiger partial charge in [-0.05, 0) is 55.7 Å². The Balaban J connectivity index is 1.78. The fourth-order valence-corrected chi connectivity index (χ4v) is 6.12. The number of benzene rings is 1. The quantitative estimate of drug-likeness (QED) is 0.872. The van der Waals surface area contributed by atoms with Crippen molar-refractivity contribution in [2.75, 3.05) is 5.75 Å². The first-order valence-electron chi connectivity index (χ1n) is 8.29. The van der Waals surface area contributed by atoms with E-state index in [-0.39, 0.29) is 5.54 Å². The molecule has 2 unspecified atom stereocenters. The standard InChI is InChI=1S/C19H22N2S2/c1-13-11-16-17(23-13)8-7-15(12-14-5-3-2-4-6-14)19(16)9-10-22-18(20)21-19/h2-6,11,15H,7-10,12H2,1H3,(H2,20,21). The van der Waals surface area contributed by atoms with Crippen molar-refractivity contribution < 1.29 is 0 Å². The molecule has 1 aromatic heterocycles. The first-order valence-corrected chi connectivity index (χ1v) is 10.1. The van der Waals surface area contributed by atoms with E-state index in [0.717, 1.165) is 23.8 Å². The molecule has 2 nitrogen and oxygen atoms in total. The van der Waals surface area contributed by atoms with Gasteiger partial charge in [-0.2, -0.15) is 0 Å². The number of rotatable bonds is 2. The summed E-state index contributed by atoms with van der Waals surface area (Å²) in [5.41, 5.74) is 8.97. The summed E-state index contributed by atoms with van der Waals surface area (Å²) >= 11 is 3.66. The van der Waals surface area contributed by atoms with Gasteiger partial charge in [0, 0.05) is 15.5 Å². The van der Waals surface area contributed by atoms with E-state index in [9.17, 15) is 0 Å². The molecule has 120 valence electrons. The van der Waals surface area contributed by atoms with Crippen molar-refractivity contribution in [1.29, 1.82) is 0 Å². The molecular weight excluding hydrogens is 320 g/mol. The van der Waals surface area contributed by atoms with Gasteiger partial charge in [0.05, 0.1) is 5.54 Å². The second kappa shape index (κ2) is 5.99. The number of hydrogen-bond acceptors (Lipinski definition) is 4. The minimum atomic E-state index is -0.0937. The number of thioether (sulfide) groups is 1. The summed E-state index contributed by atoms with van der Waals surface area (Å²) in [5.74, 6) is 1.63. The largest absolute Gasteiger partial charge is 0.379 e. The molecule has 0 radical (unpaired) electrons. The number of aliphatic imine (C=N–C) groups is 1. The van der Waals surface area contributed by atoms with Crippen LogP contribution in [0.3, 0.4) is 0 Å². The zero-order chi connectivity index (χ0) is 15.9. The highest BCUT2D eigenvalue weighted by Crippen LogP contribution is 2.51. The fraction of sp³-hybridized carbons (Fsp3) is 0.421. The second-order valence-electron chi connectivity index (χ2n) is 6.59. The fourth-order valence-electron chi connectivity index (χ4n) is 4.13. The van der Waals surface area contributed by atoms with E-state index < -0.39 is 0 Å². The maximum absolute atomic E-state index is 6.18. The van der Waals surface area contributed by atoms with E-state index >= 15 is 0 Å². The second-order valence-corrected chi connectivity index (χ2v) is 9.05. The van der Waals surface area contributed by atoms with Crippen LogP contribution in [0.25, 0.3) is 0 Å². The Morgan fingerprint density at radius 3 is 2.91 bits per heavy atom. The van der Waals surface area contributed by atoms with E-state index in [1.807, 2.05) is 11.3 Å². The Morgan fingerprint density at radius 2 is 2.13 bits per heavy atom. The van der Waals surface area contributed by atoms with Crippen LogP contribution in [0.4, 0.5) is 0 Å². The molecule has 1 spiro atoms. The first kappa shape index (κ1) is 15.3. The van der Waals surface area contributed by atoms with Crippen LogP contribution >= 0.6 is 23.1 Å². The summed E-state index contributed by atoms with van der Waals surface area (Å²) in [7, 11) is 0. The molecule has 2 heterocycles. The molecule has 2 aromatic rings. The Labute approximate surface area is 146 Å². The van der Waals surface area contributed by atoms with E-state index in [1.54, 1.807) is 11.8 Å². The number of thiophene rings is 1. The van der Waals surface area contributed by atoms with Crippen LogP contribution < -0.4 is 5.73 Å². The number of hydrogen-bond donors (Lipinski definition) is 1. The molecule has 2 N–H and O–H groups in total. The van der Waals surface area contributed by atoms with Gasteiger partial charge >= 0.3 is 0 Å². The van der Waals surface area contributed by atoms with Gasteiger partial charge in [0.25, 0.3) is 0 Å². The predicted molar refractivity (Wildman–Crippen MR) is 101 cm³/mol. The lowest BCUT2D eigenvalue weighted by molar-refractivity contribution is 0.234. The lowest BCUT2D eigenvalue weighted by Gasteiger charge is -2.43. The lowest BCUT2D eigenvalue weighted by Crippen LogP contribution is -2.42. The highest BCUT2D eigenvalue weighted by atomic mass is 32.2. The number of amidine groups is 1. The molecular formula is C19H22N2S2. The molecule has 0 amide bonds. The SMILES string of the molecule is Cc1cc2c(s1)CCC(Cc1ccccc1)C21CCSC(N)=N1. The van der Waals surface area contributed by atoms with E-state index in [2.05, 4.69) is 43.3 Å². The minimum Gasteiger partial charge on any atom is -0.379 e. The van der Waals surface area contributed by atoms with Crippen LogP contribution in [0.1, 0.15) is 33.7 Å². The Kier molecular flexibility index (Phi) is 3.98. The average Bonchev–Trinajstić information content (AvgIpc) is 2.93. The number of nitrogens with zero attached hydrogens (tertiary/aromatic N) is 1. The molecule has 2 atom stereocenters. The Morgan fingerprint density at radius 1 is 1.30 bits per heavy atom. The maximum atomic E-state index is 6.18. The monoisotopic (exact) mass is 342 g/mol. The van der Waals surface area contributed by atoms with Crippen LogP contribution in [-0.2, 0) is 18.4 Å². The highest BCUT2D eigenvalue weighted by molar-refractivity contribution is 8.13. The smallest absolute Gasteiger partial charge is 0.154 e. The van der Waals surface area contributed by atoms with Crippen molar-refractivity contribution in [2.45, 2.75) is 38.1 Å². The van der Waals surface area contributed by atoms with Gasteiger partial charge in [0.1, 0.15) is 0 Å². The zero-order valence-electron chi connectivity index (χ0n) is 13.4. The van der Waals surface area contributed by atoms with E-state index in [0.29, 0.717) is 5.92 Å². The van der Waals surface area contributed by atoms with Gasteiger partial charge in [-0.1, -0.05) is 42.1 Å². The van der Waals surface area contributed by atoms with Gasteiger partial charge < -0.3 is 5.73 Å². The summed E-state index contributed by atoms with van der Waals surface area (Å²) in [6.07, 6.45) is 4.61. The lowest BCUT2D eigenvalue weighted by atomic mass is 9.68. The van der Waals surface area contributed by atoms with Crippen LogP contribution in [-0.4, -0.2) is 10.9 Å². The normalized spacial score (nSPS) is 26.8. The Hall–Kier alpha value is -1.26. The van der Waals surface area contributed by atoms with Gasteiger partial charge in [0.15, 0.2) is 5.17 Å². The van der Waals surface area contributed by atoms with Crippen molar-refractivity contribution in [2.24, 2.45) is 16.6 Å². The molecule has 0 saturated carbocycles. The first-order chi connectivity index (χ1) is 11.2. The summed E-state index contributed by atoms with van der Waals surface area (Å²) in [5, 5.41) is 0.769. The summed E-state index contributed by atoms with van der Waals surface area (Å²) in [6, 6.07) is 13.2. The van der Waals surface area contributed by atoms with Crippen LogP contribution in [0.5, 0.6) is 0 Å². The molecule has 4 heteroatoms. The number of fused-ring (bicyclic) bond motifs is 2. The molecule has 4 rings (SSSR count). The zero-order valence-corrected chi connectivity index (χ0v) is 15.1. The molecule has 1 aliphatic carbocycles. The molecule has 0 fully saturated rings. The number of aryl methyl sites for hydroxylation is 2. The molecule has 23 heavy (non-hydrogen) atoms. The van der Waals surface area contributed by atoms with Crippen molar-refractivity contribution in [3.63, 3.8) is 0 Å². The minimum absolute atomic E-state index is 0.0937. The molecule has 0 bridgehead atoms. The van der Waals surface area contributed by atoms with E-state index in [4.69, 9.17) is 10.7 Å². The van der Waals surface area contributed by atoms with Crippen LogP contribution in [0, 0.1) is 12.8 Å². The molecule has 2 aliphatic rings. The topological polar surface area (TPSA) is 38.4 Å². The highest BCUT2D eigenvalue weighted by Gasteiger charge is 2.46. The van der Waals surface area contributed by atoms with Crippen molar-refractivity contribution in [1.82, 2.24) is 0 Å². The average molecular weight is 343 g/mol. The van der Waals surface area contributed by atoms with Crippen molar-refractivity contribution >= 4 is 28.3 Å². The van der Waals surface area contributed by atoms with Gasteiger partial charge in [-0.3, -0.25) is 4.99 Å². The maximum Gasteiger partial charge on any atom is 0.154 e. The van der Waals surface area contributed by atoms with Crippen LogP contribution in [0.2, 0.25) is 0 Å². The number of nitrogens with two attached hydrogens (primary N) is 1. The summed E-state index contributed by atoms with van der Waals surface area (Å²) < 4.78 is 0. The van der Waals surface area contributed by atoms with Crippen molar-refractivity contribution in [3.8, 4) is 0 Å². The van der Waals surface area contributed by atoms with Crippen molar-refractivity contribution in [3.05, 3.63) is 57.3 Å². The third-order valence-electron chi connectivity index (χ3n) is 5.16. The third-order valence-corrected chi connectivity index (χ3v) is 7.07. The predicted octanol–water partition coefficient (Wildman–Crippen LogP) is 4.51. The third kappa shape index (κ3) is 2.72. The molecule has 1 aromatic carbocycles. The molecule has 1 aliphatic heterocycles. The molecule has 0 saturated heterocycles. The Bertz CT molecular complexity index is 735. The van der Waals surface area contributed by atoms with Gasteiger partial charge in [-0.25, -0.2) is 0 Å². The summed E-state index contributed by atoms with van der Waals surface area (Å²) in [4.78, 5) is 8.01. The van der Waals surface area contributed by atoms with E-state index in [1.165, 1.54) is 33.7 Å². The van der Waals surface area contributed by atoms with Crippen LogP contribution in [0.15, 0.2) is 41.4 Å². The van der Waals surface area contributed by atoms with Gasteiger partial charge in [-0.15, -0.1) is 11.3 Å².